The monoisotopic (exact) mass is 182 g/mol. The molecule has 1 N–H and O–H groups in total. The lowest BCUT2D eigenvalue weighted by molar-refractivity contribution is -0.138. The molecule has 0 spiro atoms. The third kappa shape index (κ3) is 2.14. The fourth-order valence-electron chi connectivity index (χ4n) is 0.782. The fraction of sp³-hybridized carbons (Fsp3) is 0.375. The van der Waals surface area contributed by atoms with Gasteiger partial charge in [-0.15, -0.1) is 0 Å². The Bertz CT molecular complexity index is 297. The molecule has 0 fully saturated rings. The molecule has 0 aliphatic carbocycles. The number of ether oxygens (including phenoxy) is 1. The first-order valence-corrected chi connectivity index (χ1v) is 3.74. The van der Waals surface area contributed by atoms with Crippen LogP contribution in [0.15, 0.2) is 12.4 Å². The summed E-state index contributed by atoms with van der Waals surface area (Å²) in [6.07, 6.45) is 2.80. The number of methoxy groups -OCH3 is 1. The Morgan fingerprint density at radius 2 is 2.23 bits per heavy atom. The second-order valence-electron chi connectivity index (χ2n) is 2.54. The second kappa shape index (κ2) is 3.84. The maximum Gasteiger partial charge on any atom is 0.312 e. The summed E-state index contributed by atoms with van der Waals surface area (Å²) < 4.78 is 4.79. The molecule has 0 bridgehead atoms. The number of aromatic nitrogens is 2. The highest BCUT2D eigenvalue weighted by atomic mass is 16.5. The summed E-state index contributed by atoms with van der Waals surface area (Å²) in [5.74, 6) is -1.18. The molecule has 0 radical (unpaired) electrons. The number of hydrogen-bond donors (Lipinski definition) is 1. The average Bonchev–Trinajstić information content (AvgIpc) is 2.17. The van der Waals surface area contributed by atoms with Gasteiger partial charge < -0.3 is 9.84 Å². The molecule has 0 aliphatic rings. The molecule has 0 aliphatic heterocycles. The first kappa shape index (κ1) is 9.44. The van der Waals surface area contributed by atoms with Crippen molar-refractivity contribution in [3.8, 4) is 5.88 Å². The first-order chi connectivity index (χ1) is 6.15. The smallest absolute Gasteiger partial charge is 0.312 e. The summed E-state index contributed by atoms with van der Waals surface area (Å²) in [5.41, 5.74) is 0.424. The summed E-state index contributed by atoms with van der Waals surface area (Å²) in [6, 6.07) is 0. The Kier molecular flexibility index (Phi) is 2.79. The molecule has 1 aromatic rings. The van der Waals surface area contributed by atoms with E-state index in [2.05, 4.69) is 9.97 Å². The molecule has 13 heavy (non-hydrogen) atoms. The molecule has 0 saturated heterocycles. The molecule has 70 valence electrons. The predicted molar refractivity (Wildman–Crippen MR) is 44.6 cm³/mol. The lowest BCUT2D eigenvalue weighted by Crippen LogP contribution is -2.09. The van der Waals surface area contributed by atoms with Crippen LogP contribution in [-0.2, 0) is 4.79 Å². The minimum Gasteiger partial charge on any atom is -0.481 e. The van der Waals surface area contributed by atoms with Gasteiger partial charge in [-0.3, -0.25) is 9.78 Å². The van der Waals surface area contributed by atoms with Crippen molar-refractivity contribution in [2.24, 2.45) is 0 Å². The van der Waals surface area contributed by atoms with Gasteiger partial charge in [0.2, 0.25) is 5.88 Å². The predicted octanol–water partition coefficient (Wildman–Crippen LogP) is 0.673. The first-order valence-electron chi connectivity index (χ1n) is 3.74. The van der Waals surface area contributed by atoms with E-state index in [4.69, 9.17) is 9.84 Å². The van der Waals surface area contributed by atoms with Crippen LogP contribution in [0.5, 0.6) is 5.88 Å². The number of nitrogens with zero attached hydrogens (tertiary/aromatic N) is 2. The van der Waals surface area contributed by atoms with Gasteiger partial charge in [-0.1, -0.05) is 0 Å². The van der Waals surface area contributed by atoms with Gasteiger partial charge in [-0.05, 0) is 6.92 Å². The molecule has 5 heteroatoms. The lowest BCUT2D eigenvalue weighted by atomic mass is 10.1. The standard InChI is InChI=1S/C8H10N2O3/c1-5(8(11)12)6-3-10-7(13-2)4-9-6/h3-5H,1-2H3,(H,11,12). The number of aliphatic carboxylic acids is 1. The van der Waals surface area contributed by atoms with Gasteiger partial charge in [0.15, 0.2) is 0 Å². The summed E-state index contributed by atoms with van der Waals surface area (Å²) in [7, 11) is 1.48. The van der Waals surface area contributed by atoms with Crippen LogP contribution < -0.4 is 4.74 Å². The summed E-state index contributed by atoms with van der Waals surface area (Å²) in [6.45, 7) is 1.55. The molecule has 0 aromatic carbocycles. The Labute approximate surface area is 75.4 Å². The molecule has 1 heterocycles. The number of rotatable bonds is 3. The number of hydrogen-bond acceptors (Lipinski definition) is 4. The molecule has 0 saturated carbocycles. The average molecular weight is 182 g/mol. The largest absolute Gasteiger partial charge is 0.481 e. The van der Waals surface area contributed by atoms with Crippen molar-refractivity contribution < 1.29 is 14.6 Å². The van der Waals surface area contributed by atoms with E-state index in [0.717, 1.165) is 0 Å². The molecule has 1 unspecified atom stereocenters. The zero-order valence-corrected chi connectivity index (χ0v) is 7.39. The van der Waals surface area contributed by atoms with Crippen LogP contribution in [-0.4, -0.2) is 28.2 Å². The van der Waals surface area contributed by atoms with E-state index in [9.17, 15) is 4.79 Å². The zero-order valence-electron chi connectivity index (χ0n) is 7.39. The molecule has 1 atom stereocenters. The Balaban J connectivity index is 2.85. The van der Waals surface area contributed by atoms with E-state index in [1.54, 1.807) is 6.92 Å². The van der Waals surface area contributed by atoms with Crippen LogP contribution in [0.3, 0.4) is 0 Å². The molecular formula is C8H10N2O3. The van der Waals surface area contributed by atoms with Crippen molar-refractivity contribution in [2.75, 3.05) is 7.11 Å². The van der Waals surface area contributed by atoms with Crippen molar-refractivity contribution >= 4 is 5.97 Å². The van der Waals surface area contributed by atoms with Crippen molar-refractivity contribution in [1.82, 2.24) is 9.97 Å². The number of carboxylic acids is 1. The van der Waals surface area contributed by atoms with Gasteiger partial charge in [-0.2, -0.15) is 0 Å². The Morgan fingerprint density at radius 3 is 2.62 bits per heavy atom. The van der Waals surface area contributed by atoms with Crippen molar-refractivity contribution in [1.29, 1.82) is 0 Å². The quantitative estimate of drug-likeness (QED) is 0.743. The molecule has 0 amide bonds. The summed E-state index contributed by atoms with van der Waals surface area (Å²) in [5, 5.41) is 8.66. The van der Waals surface area contributed by atoms with E-state index in [-0.39, 0.29) is 0 Å². The van der Waals surface area contributed by atoms with Crippen LogP contribution in [0.1, 0.15) is 18.5 Å². The molecule has 5 nitrogen and oxygen atoms in total. The Morgan fingerprint density at radius 1 is 1.54 bits per heavy atom. The molecule has 1 aromatic heterocycles. The third-order valence-corrected chi connectivity index (χ3v) is 1.67. The van der Waals surface area contributed by atoms with Crippen LogP contribution in [0.2, 0.25) is 0 Å². The van der Waals surface area contributed by atoms with Crippen molar-refractivity contribution in [2.45, 2.75) is 12.8 Å². The zero-order chi connectivity index (χ0) is 9.84. The maximum atomic E-state index is 10.6. The van der Waals surface area contributed by atoms with E-state index in [1.807, 2.05) is 0 Å². The highest BCUT2D eigenvalue weighted by Gasteiger charge is 2.15. The third-order valence-electron chi connectivity index (χ3n) is 1.67. The van der Waals surface area contributed by atoms with Crippen LogP contribution in [0.25, 0.3) is 0 Å². The SMILES string of the molecule is COc1cnc(C(C)C(=O)O)cn1. The summed E-state index contributed by atoms with van der Waals surface area (Å²) >= 11 is 0. The van der Waals surface area contributed by atoms with Gasteiger partial charge in [0, 0.05) is 0 Å². The summed E-state index contributed by atoms with van der Waals surface area (Å²) in [4.78, 5) is 18.3. The highest BCUT2D eigenvalue weighted by Crippen LogP contribution is 2.12. The van der Waals surface area contributed by atoms with E-state index < -0.39 is 11.9 Å². The fourth-order valence-corrected chi connectivity index (χ4v) is 0.782. The van der Waals surface area contributed by atoms with Crippen LogP contribution >= 0.6 is 0 Å². The van der Waals surface area contributed by atoms with Gasteiger partial charge in [0.1, 0.15) is 0 Å². The molecular weight excluding hydrogens is 172 g/mol. The van der Waals surface area contributed by atoms with Crippen LogP contribution in [0, 0.1) is 0 Å². The lowest BCUT2D eigenvalue weighted by Gasteiger charge is -2.04. The van der Waals surface area contributed by atoms with E-state index in [1.165, 1.54) is 19.5 Å². The van der Waals surface area contributed by atoms with Gasteiger partial charge in [-0.25, -0.2) is 4.98 Å². The number of carbonyl (C=O) groups is 1. The Hall–Kier alpha value is -1.65. The second-order valence-corrected chi connectivity index (χ2v) is 2.54. The number of carboxylic acid groups (broad SMARTS) is 1. The minimum atomic E-state index is -0.917. The van der Waals surface area contributed by atoms with Crippen molar-refractivity contribution in [3.05, 3.63) is 18.1 Å². The molecule has 1 rings (SSSR count). The topological polar surface area (TPSA) is 72.3 Å². The normalized spacial score (nSPS) is 12.2. The van der Waals surface area contributed by atoms with Gasteiger partial charge >= 0.3 is 5.97 Å². The van der Waals surface area contributed by atoms with Gasteiger partial charge in [0.05, 0.1) is 31.1 Å². The van der Waals surface area contributed by atoms with Gasteiger partial charge in [0.25, 0.3) is 0 Å². The minimum absolute atomic E-state index is 0.376. The highest BCUT2D eigenvalue weighted by molar-refractivity contribution is 5.74. The van der Waals surface area contributed by atoms with Crippen molar-refractivity contribution in [3.63, 3.8) is 0 Å². The van der Waals surface area contributed by atoms with Crippen LogP contribution in [0.4, 0.5) is 0 Å². The van der Waals surface area contributed by atoms with E-state index in [0.29, 0.717) is 11.6 Å². The van der Waals surface area contributed by atoms with E-state index >= 15 is 0 Å². The maximum absolute atomic E-state index is 10.6.